The van der Waals surface area contributed by atoms with Crippen molar-refractivity contribution in [2.24, 2.45) is 11.3 Å². The molecular formula is C30H40FN7O4. The highest BCUT2D eigenvalue weighted by molar-refractivity contribution is 6.48. The number of hydrogen-bond acceptors (Lipinski definition) is 9. The molecule has 42 heavy (non-hydrogen) atoms. The molecule has 0 unspecified atom stereocenters. The zero-order valence-electron chi connectivity index (χ0n) is 25.0. The van der Waals surface area contributed by atoms with Crippen molar-refractivity contribution in [3.63, 3.8) is 0 Å². The molecule has 11 nitrogen and oxygen atoms in total. The fourth-order valence-electron chi connectivity index (χ4n) is 4.19. The molecule has 1 aliphatic rings. The number of anilines is 3. The maximum Gasteiger partial charge on any atom is 0.316 e. The number of benzene rings is 2. The van der Waals surface area contributed by atoms with E-state index in [1.54, 1.807) is 27.7 Å². The maximum atomic E-state index is 15.5. The molecule has 1 amide bonds. The van der Waals surface area contributed by atoms with Crippen LogP contribution >= 0.6 is 0 Å². The molecule has 1 fully saturated rings. The zero-order chi connectivity index (χ0) is 31.4. The highest BCUT2D eigenvalue weighted by Gasteiger charge is 2.31. The Bertz CT molecular complexity index is 1390. The summed E-state index contributed by atoms with van der Waals surface area (Å²) >= 11 is 0. The van der Waals surface area contributed by atoms with Gasteiger partial charge in [0.1, 0.15) is 17.4 Å². The summed E-state index contributed by atoms with van der Waals surface area (Å²) in [6.07, 6.45) is 0. The Kier molecular flexibility index (Phi) is 10.1. The van der Waals surface area contributed by atoms with E-state index in [1.807, 2.05) is 18.7 Å². The highest BCUT2D eigenvalue weighted by atomic mass is 19.1. The standard InChI is InChI=1S/C30H40FN7O4/c1-7-36-28(39)27(35)38(18-8-9-23(21(31)14-18)37-10-12-41-13-11-37)26(34)20-15-19(25(33)17(2)3)22(32)16-24(20)42-29(40)30(4,5)6/h8-9,14-17,33-35H,7,10-13,32H2,1-6H3,(H,36,39). The maximum absolute atomic E-state index is 15.5. The highest BCUT2D eigenvalue weighted by Crippen LogP contribution is 2.33. The van der Waals surface area contributed by atoms with Gasteiger partial charge in [-0.3, -0.25) is 25.3 Å². The topological polar surface area (TPSA) is 169 Å². The Balaban J connectivity index is 2.20. The molecule has 0 radical (unpaired) electrons. The van der Waals surface area contributed by atoms with Gasteiger partial charge in [0, 0.05) is 48.7 Å². The molecule has 2 aromatic rings. The number of nitrogen functional groups attached to an aromatic ring is 1. The van der Waals surface area contributed by atoms with Crippen LogP contribution in [0, 0.1) is 33.4 Å². The quantitative estimate of drug-likeness (QED) is 0.107. The van der Waals surface area contributed by atoms with E-state index < -0.39 is 34.8 Å². The van der Waals surface area contributed by atoms with E-state index in [1.165, 1.54) is 24.3 Å². The number of amidine groups is 2. The summed E-state index contributed by atoms with van der Waals surface area (Å²) in [5.41, 5.74) is 6.38. The molecule has 1 aliphatic heterocycles. The Morgan fingerprint density at radius 3 is 2.31 bits per heavy atom. The Morgan fingerprint density at radius 1 is 1.12 bits per heavy atom. The summed E-state index contributed by atoms with van der Waals surface area (Å²) < 4.78 is 26.5. The van der Waals surface area contributed by atoms with Gasteiger partial charge in [0.15, 0.2) is 5.84 Å². The number of rotatable bonds is 7. The summed E-state index contributed by atoms with van der Waals surface area (Å²) in [6.45, 7) is 12.5. The number of nitrogens with one attached hydrogen (secondary N) is 4. The monoisotopic (exact) mass is 581 g/mol. The van der Waals surface area contributed by atoms with E-state index in [4.69, 9.17) is 26.0 Å². The van der Waals surface area contributed by atoms with Crippen molar-refractivity contribution in [2.75, 3.05) is 48.4 Å². The minimum atomic E-state index is -0.899. The van der Waals surface area contributed by atoms with Crippen LogP contribution in [0.15, 0.2) is 30.3 Å². The molecule has 0 bridgehead atoms. The van der Waals surface area contributed by atoms with E-state index >= 15 is 4.39 Å². The van der Waals surface area contributed by atoms with E-state index in [2.05, 4.69) is 5.32 Å². The Labute approximate surface area is 245 Å². The lowest BCUT2D eigenvalue weighted by Gasteiger charge is -2.31. The lowest BCUT2D eigenvalue weighted by molar-refractivity contribution is -0.143. The van der Waals surface area contributed by atoms with Gasteiger partial charge in [-0.1, -0.05) is 13.8 Å². The first-order chi connectivity index (χ1) is 19.7. The third-order valence-electron chi connectivity index (χ3n) is 6.63. The number of carbonyl (C=O) groups excluding carboxylic acids is 2. The molecule has 1 saturated heterocycles. The van der Waals surface area contributed by atoms with Crippen LogP contribution in [0.1, 0.15) is 52.7 Å². The normalized spacial score (nSPS) is 13.5. The second-order valence-electron chi connectivity index (χ2n) is 11.3. The second-order valence-corrected chi connectivity index (χ2v) is 11.3. The number of morpholine rings is 1. The second kappa shape index (κ2) is 13.1. The molecule has 1 heterocycles. The van der Waals surface area contributed by atoms with Crippen LogP contribution in [0.3, 0.4) is 0 Å². The number of hydrogen-bond donors (Lipinski definition) is 5. The van der Waals surface area contributed by atoms with Crippen molar-refractivity contribution in [3.05, 3.63) is 47.3 Å². The number of carbonyl (C=O) groups is 2. The van der Waals surface area contributed by atoms with Crippen LogP contribution in [0.4, 0.5) is 21.5 Å². The Hall–Kier alpha value is -4.32. The van der Waals surface area contributed by atoms with Crippen LogP contribution in [0.2, 0.25) is 0 Å². The number of amides is 1. The van der Waals surface area contributed by atoms with E-state index in [9.17, 15) is 15.0 Å². The predicted octanol–water partition coefficient (Wildman–Crippen LogP) is 4.17. The summed E-state index contributed by atoms with van der Waals surface area (Å²) in [5.74, 6) is -3.40. The van der Waals surface area contributed by atoms with Crippen LogP contribution < -0.4 is 25.6 Å². The van der Waals surface area contributed by atoms with Crippen molar-refractivity contribution in [2.45, 2.75) is 41.5 Å². The van der Waals surface area contributed by atoms with Gasteiger partial charge in [-0.25, -0.2) is 4.39 Å². The summed E-state index contributed by atoms with van der Waals surface area (Å²) in [5, 5.41) is 29.0. The van der Waals surface area contributed by atoms with Gasteiger partial charge in [-0.05, 0) is 51.8 Å². The summed E-state index contributed by atoms with van der Waals surface area (Å²) in [4.78, 5) is 28.6. The van der Waals surface area contributed by atoms with Crippen molar-refractivity contribution in [3.8, 4) is 5.75 Å². The molecule has 0 aliphatic carbocycles. The van der Waals surface area contributed by atoms with E-state index in [-0.39, 0.29) is 40.9 Å². The molecule has 6 N–H and O–H groups in total. The Morgan fingerprint density at radius 2 is 1.76 bits per heavy atom. The summed E-state index contributed by atoms with van der Waals surface area (Å²) in [7, 11) is 0. The van der Waals surface area contributed by atoms with Gasteiger partial charge < -0.3 is 30.8 Å². The molecule has 12 heteroatoms. The molecule has 2 aromatic carbocycles. The number of halogens is 1. The molecule has 3 rings (SSSR count). The van der Waals surface area contributed by atoms with Gasteiger partial charge in [0.05, 0.1) is 35.6 Å². The number of ether oxygens (including phenoxy) is 2. The number of esters is 1. The fourth-order valence-corrected chi connectivity index (χ4v) is 4.19. The zero-order valence-corrected chi connectivity index (χ0v) is 25.0. The molecule has 0 spiro atoms. The lowest BCUT2D eigenvalue weighted by Crippen LogP contribution is -2.46. The van der Waals surface area contributed by atoms with Crippen molar-refractivity contribution < 1.29 is 23.5 Å². The third kappa shape index (κ3) is 7.11. The first kappa shape index (κ1) is 32.2. The van der Waals surface area contributed by atoms with E-state index in [0.29, 0.717) is 37.6 Å². The largest absolute Gasteiger partial charge is 0.425 e. The molecule has 0 saturated carbocycles. The van der Waals surface area contributed by atoms with Crippen LogP contribution in [0.5, 0.6) is 5.75 Å². The SMILES string of the molecule is CCNC(=O)C(=N)N(C(=N)c1cc(C(=N)C(C)C)c(N)cc1OC(=O)C(C)(C)C)c1ccc(N2CCOCC2)c(F)c1. The fraction of sp³-hybridized carbons (Fsp3) is 0.433. The van der Waals surface area contributed by atoms with Crippen molar-refractivity contribution >= 4 is 46.3 Å². The molecular weight excluding hydrogens is 541 g/mol. The van der Waals surface area contributed by atoms with Gasteiger partial charge in [-0.15, -0.1) is 0 Å². The lowest BCUT2D eigenvalue weighted by atomic mass is 9.95. The van der Waals surface area contributed by atoms with E-state index in [0.717, 1.165) is 11.0 Å². The first-order valence-electron chi connectivity index (χ1n) is 13.8. The first-order valence-corrected chi connectivity index (χ1v) is 13.8. The van der Waals surface area contributed by atoms with Crippen molar-refractivity contribution in [1.29, 1.82) is 16.2 Å². The smallest absolute Gasteiger partial charge is 0.316 e. The minimum Gasteiger partial charge on any atom is -0.425 e. The van der Waals surface area contributed by atoms with Gasteiger partial charge >= 0.3 is 5.97 Å². The van der Waals surface area contributed by atoms with Gasteiger partial charge in [-0.2, -0.15) is 0 Å². The van der Waals surface area contributed by atoms with Crippen molar-refractivity contribution in [1.82, 2.24) is 5.32 Å². The van der Waals surface area contributed by atoms with Gasteiger partial charge in [0.25, 0.3) is 5.91 Å². The average Bonchev–Trinajstić information content (AvgIpc) is 2.93. The van der Waals surface area contributed by atoms with Gasteiger partial charge in [0.2, 0.25) is 0 Å². The van der Waals surface area contributed by atoms with Crippen LogP contribution in [-0.4, -0.2) is 62.1 Å². The molecule has 226 valence electrons. The third-order valence-corrected chi connectivity index (χ3v) is 6.63. The summed E-state index contributed by atoms with van der Waals surface area (Å²) in [6, 6.07) is 7.00. The predicted molar refractivity (Wildman–Crippen MR) is 163 cm³/mol. The number of nitrogens with two attached hydrogens (primary N) is 1. The molecule has 0 aromatic heterocycles. The minimum absolute atomic E-state index is 0.00564. The van der Waals surface area contributed by atoms with Crippen LogP contribution in [-0.2, 0) is 14.3 Å². The number of nitrogens with zero attached hydrogens (tertiary/aromatic N) is 2. The number of likely N-dealkylation sites (N-methyl/N-ethyl adjacent to an activating group) is 1. The average molecular weight is 582 g/mol. The van der Waals surface area contributed by atoms with Crippen LogP contribution in [0.25, 0.3) is 0 Å². The molecule has 0 atom stereocenters.